The molecule has 0 saturated carbocycles. The van der Waals surface area contributed by atoms with Crippen LogP contribution in [0.4, 0.5) is 0 Å². The highest BCUT2D eigenvalue weighted by Gasteiger charge is 2.15. The molecule has 1 amide bonds. The van der Waals surface area contributed by atoms with E-state index >= 15 is 0 Å². The van der Waals surface area contributed by atoms with Crippen molar-refractivity contribution in [3.8, 4) is 0 Å². The van der Waals surface area contributed by atoms with E-state index < -0.39 is 6.10 Å². The number of benzene rings is 1. The molecule has 0 aliphatic rings. The second-order valence-corrected chi connectivity index (χ2v) is 6.95. The number of aliphatic hydroxyl groups excluding tert-OH is 1. The average Bonchev–Trinajstić information content (AvgIpc) is 3.05. The Kier molecular flexibility index (Phi) is 6.09. The molecule has 1 aromatic heterocycles. The lowest BCUT2D eigenvalue weighted by Crippen LogP contribution is -2.28. The van der Waals surface area contributed by atoms with Crippen molar-refractivity contribution in [2.45, 2.75) is 51.7 Å². The van der Waals surface area contributed by atoms with Crippen LogP contribution < -0.4 is 5.32 Å². The van der Waals surface area contributed by atoms with Gasteiger partial charge >= 0.3 is 0 Å². The molecule has 1 heterocycles. The van der Waals surface area contributed by atoms with Crippen molar-refractivity contribution in [1.82, 2.24) is 20.1 Å². The number of hydrogen-bond acceptors (Lipinski definition) is 4. The van der Waals surface area contributed by atoms with Crippen molar-refractivity contribution in [2.75, 3.05) is 6.54 Å². The maximum Gasteiger partial charge on any atom is 0.220 e. The Balaban J connectivity index is 1.73. The average molecular weight is 330 g/mol. The van der Waals surface area contributed by atoms with Crippen LogP contribution in [-0.2, 0) is 16.8 Å². The fourth-order valence-electron chi connectivity index (χ4n) is 2.37. The van der Waals surface area contributed by atoms with Gasteiger partial charge in [-0.3, -0.25) is 9.48 Å². The molecule has 0 fully saturated rings. The lowest BCUT2D eigenvalue weighted by molar-refractivity contribution is -0.121. The van der Waals surface area contributed by atoms with Gasteiger partial charge in [-0.1, -0.05) is 45.0 Å². The summed E-state index contributed by atoms with van der Waals surface area (Å²) in [5, 5.41) is 17.0. The maximum atomic E-state index is 11.8. The van der Waals surface area contributed by atoms with Crippen LogP contribution in [0, 0.1) is 0 Å². The van der Waals surface area contributed by atoms with Crippen LogP contribution in [0.25, 0.3) is 0 Å². The summed E-state index contributed by atoms with van der Waals surface area (Å²) < 4.78 is 1.69. The van der Waals surface area contributed by atoms with E-state index in [2.05, 4.69) is 36.2 Å². The van der Waals surface area contributed by atoms with Gasteiger partial charge in [0.25, 0.3) is 0 Å². The zero-order valence-electron chi connectivity index (χ0n) is 14.6. The van der Waals surface area contributed by atoms with Gasteiger partial charge in [0, 0.05) is 19.5 Å². The van der Waals surface area contributed by atoms with Gasteiger partial charge in [0.2, 0.25) is 5.91 Å². The highest BCUT2D eigenvalue weighted by Crippen LogP contribution is 2.23. The molecular weight excluding hydrogens is 304 g/mol. The number of aromatic nitrogens is 3. The van der Waals surface area contributed by atoms with Crippen molar-refractivity contribution < 1.29 is 9.90 Å². The minimum absolute atomic E-state index is 0.0690. The third-order valence-electron chi connectivity index (χ3n) is 3.91. The number of aryl methyl sites for hydroxylation is 1. The molecular formula is C18H26N4O2. The summed E-state index contributed by atoms with van der Waals surface area (Å²) in [6.45, 7) is 7.33. The Morgan fingerprint density at radius 1 is 1.29 bits per heavy atom. The largest absolute Gasteiger partial charge is 0.387 e. The fraction of sp³-hybridized carbons (Fsp3) is 0.500. The number of amides is 1. The minimum Gasteiger partial charge on any atom is -0.387 e. The van der Waals surface area contributed by atoms with Gasteiger partial charge in [-0.05, 0) is 23.0 Å². The number of hydrogen-bond donors (Lipinski definition) is 2. The molecule has 0 saturated heterocycles. The van der Waals surface area contributed by atoms with Crippen LogP contribution in [0.1, 0.15) is 50.8 Å². The molecule has 0 aliphatic carbocycles. The van der Waals surface area contributed by atoms with Crippen molar-refractivity contribution in [3.63, 3.8) is 0 Å². The minimum atomic E-state index is -0.696. The maximum absolute atomic E-state index is 11.8. The van der Waals surface area contributed by atoms with E-state index in [4.69, 9.17) is 0 Å². The Morgan fingerprint density at radius 2 is 2.00 bits per heavy atom. The van der Waals surface area contributed by atoms with Crippen molar-refractivity contribution in [1.29, 1.82) is 0 Å². The summed E-state index contributed by atoms with van der Waals surface area (Å²) in [7, 11) is 0. The van der Waals surface area contributed by atoms with E-state index in [1.54, 1.807) is 11.0 Å². The third-order valence-corrected chi connectivity index (χ3v) is 3.91. The molecule has 6 heteroatoms. The molecule has 1 unspecified atom stereocenters. The molecule has 130 valence electrons. The van der Waals surface area contributed by atoms with Crippen LogP contribution in [0.15, 0.2) is 36.9 Å². The van der Waals surface area contributed by atoms with E-state index in [-0.39, 0.29) is 17.9 Å². The number of rotatable bonds is 7. The predicted molar refractivity (Wildman–Crippen MR) is 92.4 cm³/mol. The Bertz CT molecular complexity index is 630. The lowest BCUT2D eigenvalue weighted by Gasteiger charge is -2.20. The Morgan fingerprint density at radius 3 is 2.58 bits per heavy atom. The first-order chi connectivity index (χ1) is 11.4. The zero-order valence-corrected chi connectivity index (χ0v) is 14.6. The van der Waals surface area contributed by atoms with E-state index in [9.17, 15) is 9.90 Å². The smallest absolute Gasteiger partial charge is 0.220 e. The molecule has 0 spiro atoms. The van der Waals surface area contributed by atoms with Gasteiger partial charge in [-0.2, -0.15) is 5.10 Å². The molecule has 0 aliphatic heterocycles. The van der Waals surface area contributed by atoms with Gasteiger partial charge in [-0.15, -0.1) is 0 Å². The first-order valence-electron chi connectivity index (χ1n) is 8.24. The van der Waals surface area contributed by atoms with Gasteiger partial charge in [0.15, 0.2) is 0 Å². The summed E-state index contributed by atoms with van der Waals surface area (Å²) in [4.78, 5) is 15.7. The van der Waals surface area contributed by atoms with E-state index in [1.165, 1.54) is 11.9 Å². The van der Waals surface area contributed by atoms with E-state index in [1.807, 2.05) is 24.3 Å². The first kappa shape index (κ1) is 18.1. The van der Waals surface area contributed by atoms with Crippen molar-refractivity contribution in [3.05, 3.63) is 48.0 Å². The second kappa shape index (κ2) is 8.06. The molecule has 0 radical (unpaired) electrons. The number of carbonyl (C=O) groups excluding carboxylic acids is 1. The van der Waals surface area contributed by atoms with Crippen LogP contribution in [0.3, 0.4) is 0 Å². The van der Waals surface area contributed by atoms with E-state index in [0.717, 1.165) is 5.56 Å². The fourth-order valence-corrected chi connectivity index (χ4v) is 2.37. The SMILES string of the molecule is CC(C)(C)c1ccc(C(O)CNC(=O)CCCn2cncn2)cc1. The molecule has 0 bridgehead atoms. The monoisotopic (exact) mass is 330 g/mol. The number of nitrogens with one attached hydrogen (secondary N) is 1. The molecule has 6 nitrogen and oxygen atoms in total. The summed E-state index contributed by atoms with van der Waals surface area (Å²) >= 11 is 0. The highest BCUT2D eigenvalue weighted by atomic mass is 16.3. The topological polar surface area (TPSA) is 80.0 Å². The summed E-state index contributed by atoms with van der Waals surface area (Å²) in [5.41, 5.74) is 2.11. The Hall–Kier alpha value is -2.21. The van der Waals surface area contributed by atoms with Crippen LogP contribution in [-0.4, -0.2) is 32.3 Å². The predicted octanol–water partition coefficient (Wildman–Crippen LogP) is 2.21. The summed E-state index contributed by atoms with van der Waals surface area (Å²) in [5.74, 6) is -0.0690. The molecule has 1 atom stereocenters. The number of carbonyl (C=O) groups is 1. The highest BCUT2D eigenvalue weighted by molar-refractivity contribution is 5.75. The standard InChI is InChI=1S/C18H26N4O2/c1-18(2,3)15-8-6-14(7-9-15)16(23)11-20-17(24)5-4-10-22-13-19-12-21-22/h6-9,12-13,16,23H,4-5,10-11H2,1-3H3,(H,20,24). The van der Waals surface area contributed by atoms with Crippen LogP contribution >= 0.6 is 0 Å². The van der Waals surface area contributed by atoms with Gasteiger partial charge in [0.05, 0.1) is 6.10 Å². The molecule has 2 aromatic rings. The quantitative estimate of drug-likeness (QED) is 0.815. The summed E-state index contributed by atoms with van der Waals surface area (Å²) in [6, 6.07) is 7.89. The van der Waals surface area contributed by atoms with Crippen molar-refractivity contribution in [2.24, 2.45) is 0 Å². The second-order valence-electron chi connectivity index (χ2n) is 6.95. The van der Waals surface area contributed by atoms with Gasteiger partial charge in [0.1, 0.15) is 12.7 Å². The van der Waals surface area contributed by atoms with Crippen LogP contribution in [0.2, 0.25) is 0 Å². The molecule has 2 N–H and O–H groups in total. The number of aliphatic hydroxyl groups is 1. The van der Waals surface area contributed by atoms with Crippen LogP contribution in [0.5, 0.6) is 0 Å². The number of nitrogens with zero attached hydrogens (tertiary/aromatic N) is 3. The zero-order chi connectivity index (χ0) is 17.6. The van der Waals surface area contributed by atoms with E-state index in [0.29, 0.717) is 19.4 Å². The molecule has 1 aromatic carbocycles. The normalized spacial score (nSPS) is 12.8. The lowest BCUT2D eigenvalue weighted by atomic mass is 9.86. The Labute approximate surface area is 142 Å². The first-order valence-corrected chi connectivity index (χ1v) is 8.24. The summed E-state index contributed by atoms with van der Waals surface area (Å²) in [6.07, 6.45) is 3.49. The molecule has 2 rings (SSSR count). The molecule has 24 heavy (non-hydrogen) atoms. The van der Waals surface area contributed by atoms with Crippen molar-refractivity contribution >= 4 is 5.91 Å². The third kappa shape index (κ3) is 5.45. The van der Waals surface area contributed by atoms with Gasteiger partial charge in [-0.25, -0.2) is 4.98 Å². The van der Waals surface area contributed by atoms with Gasteiger partial charge < -0.3 is 10.4 Å².